The third-order valence-corrected chi connectivity index (χ3v) is 5.63. The van der Waals surface area contributed by atoms with Crippen LogP contribution in [0.2, 0.25) is 10.0 Å². The van der Waals surface area contributed by atoms with E-state index in [1.807, 2.05) is 53.4 Å². The van der Waals surface area contributed by atoms with Crippen molar-refractivity contribution in [1.29, 1.82) is 0 Å². The van der Waals surface area contributed by atoms with Gasteiger partial charge in [-0.25, -0.2) is 0 Å². The minimum Gasteiger partial charge on any atom is -0.370 e. The van der Waals surface area contributed by atoms with Crippen molar-refractivity contribution >= 4 is 29.1 Å². The van der Waals surface area contributed by atoms with E-state index in [-0.39, 0.29) is 23.8 Å². The monoisotopic (exact) mass is 375 g/mol. The number of nitrogens with zero attached hydrogens (tertiary/aromatic N) is 1. The lowest BCUT2D eigenvalue weighted by atomic mass is 10.1. The van der Waals surface area contributed by atoms with Crippen LogP contribution in [0.25, 0.3) is 0 Å². The summed E-state index contributed by atoms with van der Waals surface area (Å²) in [5.74, 6) is 0.508. The van der Waals surface area contributed by atoms with Crippen LogP contribution in [0, 0.1) is 5.92 Å². The zero-order valence-corrected chi connectivity index (χ0v) is 15.2. The molecule has 1 saturated heterocycles. The second-order valence-electron chi connectivity index (χ2n) is 6.67. The van der Waals surface area contributed by atoms with Crippen LogP contribution < -0.4 is 0 Å². The van der Waals surface area contributed by atoms with Gasteiger partial charge in [-0.05, 0) is 41.7 Å². The molecule has 2 aromatic carbocycles. The van der Waals surface area contributed by atoms with Gasteiger partial charge >= 0.3 is 0 Å². The number of hydrogen-bond acceptors (Lipinski definition) is 2. The first-order chi connectivity index (χ1) is 12.1. The third kappa shape index (κ3) is 3.55. The molecule has 0 aromatic heterocycles. The highest BCUT2D eigenvalue weighted by Crippen LogP contribution is 2.50. The zero-order valence-electron chi connectivity index (χ0n) is 13.7. The van der Waals surface area contributed by atoms with Crippen molar-refractivity contribution < 1.29 is 9.53 Å². The van der Waals surface area contributed by atoms with Gasteiger partial charge < -0.3 is 9.64 Å². The third-order valence-electron chi connectivity index (χ3n) is 5.03. The number of halogens is 2. The summed E-state index contributed by atoms with van der Waals surface area (Å²) in [5, 5.41) is 1.46. The van der Waals surface area contributed by atoms with Crippen LogP contribution in [0.5, 0.6) is 0 Å². The average Bonchev–Trinajstić information content (AvgIpc) is 3.43. The summed E-state index contributed by atoms with van der Waals surface area (Å²) in [5.41, 5.74) is 2.14. The normalized spacial score (nSPS) is 25.7. The van der Waals surface area contributed by atoms with E-state index in [2.05, 4.69) is 0 Å². The number of carbonyl (C=O) groups is 1. The quantitative estimate of drug-likeness (QED) is 0.777. The topological polar surface area (TPSA) is 29.5 Å². The highest BCUT2D eigenvalue weighted by Gasteiger charge is 2.47. The van der Waals surface area contributed by atoms with Crippen molar-refractivity contribution in [3.63, 3.8) is 0 Å². The standard InChI is InChI=1S/C20H19Cl2NO2/c21-14-7-5-13(6-8-14)19-12-23(9-10-25-19)20(24)17-11-16(17)15-3-1-2-4-18(15)22/h1-8,16-17,19H,9-12H2. The Morgan fingerprint density at radius 2 is 1.84 bits per heavy atom. The number of hydrogen-bond donors (Lipinski definition) is 0. The molecule has 0 spiro atoms. The summed E-state index contributed by atoms with van der Waals surface area (Å²) in [4.78, 5) is 14.8. The molecule has 0 radical (unpaired) electrons. The highest BCUT2D eigenvalue weighted by atomic mass is 35.5. The minimum atomic E-state index is -0.0903. The first-order valence-electron chi connectivity index (χ1n) is 8.54. The Kier molecular flexibility index (Phi) is 4.72. The maximum Gasteiger partial charge on any atom is 0.226 e. The Labute approximate surface area is 157 Å². The molecule has 2 aromatic rings. The molecule has 1 saturated carbocycles. The van der Waals surface area contributed by atoms with Crippen LogP contribution in [0.1, 0.15) is 29.6 Å². The molecule has 1 aliphatic carbocycles. The van der Waals surface area contributed by atoms with E-state index in [1.54, 1.807) is 0 Å². The van der Waals surface area contributed by atoms with Gasteiger partial charge in [0.15, 0.2) is 0 Å². The smallest absolute Gasteiger partial charge is 0.226 e. The Hall–Kier alpha value is -1.55. The molecule has 25 heavy (non-hydrogen) atoms. The molecule has 1 aliphatic heterocycles. The van der Waals surface area contributed by atoms with Gasteiger partial charge in [0.05, 0.1) is 13.2 Å². The molecule has 1 amide bonds. The Bertz CT molecular complexity index is 778. The number of carbonyl (C=O) groups excluding carboxylic acids is 1. The van der Waals surface area contributed by atoms with Gasteiger partial charge in [-0.3, -0.25) is 4.79 Å². The predicted molar refractivity (Wildman–Crippen MR) is 99.0 cm³/mol. The molecule has 3 nitrogen and oxygen atoms in total. The van der Waals surface area contributed by atoms with E-state index in [1.165, 1.54) is 0 Å². The minimum absolute atomic E-state index is 0.0452. The van der Waals surface area contributed by atoms with Crippen molar-refractivity contribution in [2.24, 2.45) is 5.92 Å². The Morgan fingerprint density at radius 3 is 2.60 bits per heavy atom. The van der Waals surface area contributed by atoms with Gasteiger partial charge in [0, 0.05) is 22.5 Å². The SMILES string of the molecule is O=C(C1CC1c1ccccc1Cl)N1CCOC(c2ccc(Cl)cc2)C1. The number of benzene rings is 2. The molecule has 0 bridgehead atoms. The maximum absolute atomic E-state index is 12.9. The molecular formula is C20H19Cl2NO2. The first-order valence-corrected chi connectivity index (χ1v) is 9.29. The van der Waals surface area contributed by atoms with E-state index < -0.39 is 0 Å². The summed E-state index contributed by atoms with van der Waals surface area (Å²) in [6.07, 6.45) is 0.790. The number of ether oxygens (including phenoxy) is 1. The Morgan fingerprint density at radius 1 is 1.08 bits per heavy atom. The van der Waals surface area contributed by atoms with Gasteiger partial charge in [-0.1, -0.05) is 53.5 Å². The summed E-state index contributed by atoms with van der Waals surface area (Å²) >= 11 is 12.2. The summed E-state index contributed by atoms with van der Waals surface area (Å²) < 4.78 is 5.86. The van der Waals surface area contributed by atoms with Crippen molar-refractivity contribution in [2.75, 3.05) is 19.7 Å². The van der Waals surface area contributed by atoms with E-state index >= 15 is 0 Å². The van der Waals surface area contributed by atoms with Gasteiger partial charge in [-0.2, -0.15) is 0 Å². The van der Waals surface area contributed by atoms with Gasteiger partial charge in [0.25, 0.3) is 0 Å². The molecular weight excluding hydrogens is 357 g/mol. The maximum atomic E-state index is 12.9. The lowest BCUT2D eigenvalue weighted by Crippen LogP contribution is -2.43. The first kappa shape index (κ1) is 16.9. The number of rotatable bonds is 3. The molecule has 2 fully saturated rings. The molecule has 3 unspecified atom stereocenters. The van der Waals surface area contributed by atoms with E-state index in [0.717, 1.165) is 22.6 Å². The van der Waals surface area contributed by atoms with Crippen LogP contribution in [-0.2, 0) is 9.53 Å². The highest BCUT2D eigenvalue weighted by molar-refractivity contribution is 6.31. The lowest BCUT2D eigenvalue weighted by molar-refractivity contribution is -0.140. The van der Waals surface area contributed by atoms with Crippen LogP contribution >= 0.6 is 23.2 Å². The molecule has 5 heteroatoms. The fourth-order valence-corrected chi connectivity index (χ4v) is 3.95. The lowest BCUT2D eigenvalue weighted by Gasteiger charge is -2.33. The number of amides is 1. The molecule has 2 aliphatic rings. The van der Waals surface area contributed by atoms with Crippen molar-refractivity contribution in [3.8, 4) is 0 Å². The zero-order chi connectivity index (χ0) is 17.4. The number of morpholine rings is 1. The van der Waals surface area contributed by atoms with Crippen LogP contribution in [0.3, 0.4) is 0 Å². The van der Waals surface area contributed by atoms with E-state index in [9.17, 15) is 4.79 Å². The van der Waals surface area contributed by atoms with Crippen molar-refractivity contribution in [1.82, 2.24) is 4.90 Å². The predicted octanol–water partition coefficient (Wildman–Crippen LogP) is 4.70. The second kappa shape index (κ2) is 6.99. The molecule has 130 valence electrons. The Balaban J connectivity index is 1.43. The largest absolute Gasteiger partial charge is 0.370 e. The molecule has 1 heterocycles. The fraction of sp³-hybridized carbons (Fsp3) is 0.350. The van der Waals surface area contributed by atoms with Gasteiger partial charge in [-0.15, -0.1) is 0 Å². The molecule has 3 atom stereocenters. The fourth-order valence-electron chi connectivity index (χ4n) is 3.55. The molecule has 4 rings (SSSR count). The molecule has 0 N–H and O–H groups in total. The van der Waals surface area contributed by atoms with Crippen LogP contribution in [0.4, 0.5) is 0 Å². The average molecular weight is 376 g/mol. The van der Waals surface area contributed by atoms with Gasteiger partial charge in [0.2, 0.25) is 5.91 Å². The van der Waals surface area contributed by atoms with Crippen molar-refractivity contribution in [3.05, 3.63) is 69.7 Å². The van der Waals surface area contributed by atoms with Crippen LogP contribution in [0.15, 0.2) is 48.5 Å². The summed E-state index contributed by atoms with van der Waals surface area (Å²) in [7, 11) is 0. The summed E-state index contributed by atoms with van der Waals surface area (Å²) in [6, 6.07) is 15.5. The van der Waals surface area contributed by atoms with Crippen molar-refractivity contribution in [2.45, 2.75) is 18.4 Å². The van der Waals surface area contributed by atoms with E-state index in [0.29, 0.717) is 24.7 Å². The summed E-state index contributed by atoms with van der Waals surface area (Å²) in [6.45, 7) is 1.80. The van der Waals surface area contributed by atoms with Crippen LogP contribution in [-0.4, -0.2) is 30.5 Å². The second-order valence-corrected chi connectivity index (χ2v) is 7.51. The van der Waals surface area contributed by atoms with Gasteiger partial charge in [0.1, 0.15) is 6.10 Å². The van der Waals surface area contributed by atoms with E-state index in [4.69, 9.17) is 27.9 Å².